The molecule has 1 unspecified atom stereocenters. The molecule has 5 heteroatoms. The van der Waals surface area contributed by atoms with E-state index >= 15 is 0 Å². The average Bonchev–Trinajstić information content (AvgIpc) is 2.58. The third-order valence-corrected chi connectivity index (χ3v) is 2.86. The summed E-state index contributed by atoms with van der Waals surface area (Å²) in [4.78, 5) is 11.2. The minimum Gasteiger partial charge on any atom is -0.397 e. The van der Waals surface area contributed by atoms with E-state index in [9.17, 15) is 4.79 Å². The molecule has 1 aromatic carbocycles. The first kappa shape index (κ1) is 11.7. The van der Waals surface area contributed by atoms with Crippen LogP contribution >= 0.6 is 0 Å². The van der Waals surface area contributed by atoms with Crippen LogP contribution in [0.1, 0.15) is 18.9 Å². The van der Waals surface area contributed by atoms with Gasteiger partial charge >= 0.3 is 0 Å². The van der Waals surface area contributed by atoms with E-state index in [1.807, 2.05) is 19.1 Å². The Morgan fingerprint density at radius 2 is 2.35 bits per heavy atom. The smallest absolute Gasteiger partial charge is 0.228 e. The van der Waals surface area contributed by atoms with Crippen molar-refractivity contribution in [1.29, 1.82) is 0 Å². The second-order valence-corrected chi connectivity index (χ2v) is 4.38. The highest BCUT2D eigenvalue weighted by Crippen LogP contribution is 2.31. The number of aliphatic hydroxyl groups is 1. The van der Waals surface area contributed by atoms with Gasteiger partial charge in [0.25, 0.3) is 0 Å². The Kier molecular flexibility index (Phi) is 3.19. The summed E-state index contributed by atoms with van der Waals surface area (Å²) < 4.78 is 0. The molecule has 2 rings (SSSR count). The molecular formula is C12H17N3O2. The Morgan fingerprint density at radius 3 is 3.06 bits per heavy atom. The maximum Gasteiger partial charge on any atom is 0.228 e. The fourth-order valence-corrected chi connectivity index (χ4v) is 1.95. The first-order valence-corrected chi connectivity index (χ1v) is 5.70. The molecule has 0 radical (unpaired) electrons. The quantitative estimate of drug-likeness (QED) is 0.585. The second-order valence-electron chi connectivity index (χ2n) is 4.38. The molecular weight excluding hydrogens is 218 g/mol. The molecule has 0 fully saturated rings. The van der Waals surface area contributed by atoms with Gasteiger partial charge in [-0.3, -0.25) is 4.79 Å². The zero-order chi connectivity index (χ0) is 12.4. The van der Waals surface area contributed by atoms with Gasteiger partial charge in [-0.1, -0.05) is 0 Å². The average molecular weight is 235 g/mol. The molecule has 17 heavy (non-hydrogen) atoms. The number of fused-ring (bicyclic) bond motifs is 1. The maximum absolute atomic E-state index is 11.2. The number of nitrogen functional groups attached to an aromatic ring is 1. The number of carbonyl (C=O) groups is 1. The monoisotopic (exact) mass is 235 g/mol. The molecule has 1 aromatic rings. The van der Waals surface area contributed by atoms with E-state index in [1.165, 1.54) is 0 Å². The van der Waals surface area contributed by atoms with Crippen molar-refractivity contribution in [2.75, 3.05) is 23.0 Å². The predicted molar refractivity (Wildman–Crippen MR) is 68.0 cm³/mol. The molecule has 0 aromatic heterocycles. The zero-order valence-corrected chi connectivity index (χ0v) is 9.79. The number of hydrogen-bond donors (Lipinski definition) is 4. The molecule has 1 heterocycles. The van der Waals surface area contributed by atoms with Crippen molar-refractivity contribution in [2.24, 2.45) is 0 Å². The van der Waals surface area contributed by atoms with E-state index in [-0.39, 0.29) is 18.6 Å². The molecule has 0 spiro atoms. The van der Waals surface area contributed by atoms with Gasteiger partial charge in [0.2, 0.25) is 5.91 Å². The Balaban J connectivity index is 2.19. The van der Waals surface area contributed by atoms with Gasteiger partial charge in [0.1, 0.15) is 0 Å². The van der Waals surface area contributed by atoms with Crippen LogP contribution in [0, 0.1) is 0 Å². The first-order chi connectivity index (χ1) is 8.10. The molecule has 5 N–H and O–H groups in total. The topological polar surface area (TPSA) is 87.4 Å². The number of benzene rings is 1. The van der Waals surface area contributed by atoms with Gasteiger partial charge in [-0.15, -0.1) is 0 Å². The molecule has 1 amide bonds. The number of nitrogens with one attached hydrogen (secondary N) is 2. The van der Waals surface area contributed by atoms with E-state index in [1.54, 1.807) is 0 Å². The lowest BCUT2D eigenvalue weighted by Gasteiger charge is -2.16. The van der Waals surface area contributed by atoms with Crippen molar-refractivity contribution < 1.29 is 9.90 Å². The lowest BCUT2D eigenvalue weighted by atomic mass is 10.1. The van der Waals surface area contributed by atoms with E-state index < -0.39 is 0 Å². The SMILES string of the molecule is CC(CCO)Nc1cc2c(cc1N)CC(=O)N2. The van der Waals surface area contributed by atoms with Gasteiger partial charge in [-0.2, -0.15) is 0 Å². The highest BCUT2D eigenvalue weighted by atomic mass is 16.3. The largest absolute Gasteiger partial charge is 0.397 e. The van der Waals surface area contributed by atoms with Crippen molar-refractivity contribution in [3.8, 4) is 0 Å². The molecule has 5 nitrogen and oxygen atoms in total. The second kappa shape index (κ2) is 4.63. The van der Waals surface area contributed by atoms with Gasteiger partial charge < -0.3 is 21.5 Å². The number of carbonyl (C=O) groups excluding carboxylic acids is 1. The summed E-state index contributed by atoms with van der Waals surface area (Å²) in [5.41, 5.74) is 9.11. The Hall–Kier alpha value is -1.75. The van der Waals surface area contributed by atoms with E-state index in [0.717, 1.165) is 16.9 Å². The van der Waals surface area contributed by atoms with Gasteiger partial charge in [0, 0.05) is 18.3 Å². The molecule has 1 aliphatic heterocycles. The molecule has 0 bridgehead atoms. The number of hydrogen-bond acceptors (Lipinski definition) is 4. The van der Waals surface area contributed by atoms with Crippen molar-refractivity contribution >= 4 is 23.0 Å². The lowest BCUT2D eigenvalue weighted by molar-refractivity contribution is -0.115. The van der Waals surface area contributed by atoms with Crippen molar-refractivity contribution in [2.45, 2.75) is 25.8 Å². The van der Waals surface area contributed by atoms with Crippen LogP contribution < -0.4 is 16.4 Å². The van der Waals surface area contributed by atoms with Crippen LogP contribution in [0.5, 0.6) is 0 Å². The first-order valence-electron chi connectivity index (χ1n) is 5.70. The van der Waals surface area contributed by atoms with Crippen LogP contribution in [0.4, 0.5) is 17.1 Å². The van der Waals surface area contributed by atoms with E-state index in [0.29, 0.717) is 18.5 Å². The van der Waals surface area contributed by atoms with Crippen LogP contribution in [0.2, 0.25) is 0 Å². The summed E-state index contributed by atoms with van der Waals surface area (Å²) in [6.45, 7) is 2.11. The number of amides is 1. The summed E-state index contributed by atoms with van der Waals surface area (Å²) in [6.07, 6.45) is 1.05. The van der Waals surface area contributed by atoms with Gasteiger partial charge in [-0.05, 0) is 31.0 Å². The van der Waals surface area contributed by atoms with Gasteiger partial charge in [0.05, 0.1) is 17.8 Å². The van der Waals surface area contributed by atoms with Crippen LogP contribution in [0.15, 0.2) is 12.1 Å². The summed E-state index contributed by atoms with van der Waals surface area (Å²) in [5.74, 6) is -0.0000401. The third kappa shape index (κ3) is 2.50. The third-order valence-electron chi connectivity index (χ3n) is 2.86. The highest BCUT2D eigenvalue weighted by molar-refractivity contribution is 6.00. The molecule has 0 saturated carbocycles. The summed E-state index contributed by atoms with van der Waals surface area (Å²) in [7, 11) is 0. The summed E-state index contributed by atoms with van der Waals surface area (Å²) in [6, 6.07) is 3.81. The fraction of sp³-hybridized carbons (Fsp3) is 0.417. The lowest BCUT2D eigenvalue weighted by Crippen LogP contribution is -2.17. The normalized spacial score (nSPS) is 15.3. The van der Waals surface area contributed by atoms with E-state index in [2.05, 4.69) is 10.6 Å². The molecule has 0 saturated heterocycles. The minimum absolute atomic E-state index is 0.0000401. The zero-order valence-electron chi connectivity index (χ0n) is 9.79. The number of nitrogens with two attached hydrogens (primary N) is 1. The molecule has 1 aliphatic rings. The van der Waals surface area contributed by atoms with Gasteiger partial charge in [-0.25, -0.2) is 0 Å². The van der Waals surface area contributed by atoms with Crippen molar-refractivity contribution in [3.63, 3.8) is 0 Å². The predicted octanol–water partition coefficient (Wildman–Crippen LogP) is 0.946. The van der Waals surface area contributed by atoms with Crippen molar-refractivity contribution in [3.05, 3.63) is 17.7 Å². The number of rotatable bonds is 4. The summed E-state index contributed by atoms with van der Waals surface area (Å²) >= 11 is 0. The van der Waals surface area contributed by atoms with E-state index in [4.69, 9.17) is 10.8 Å². The Morgan fingerprint density at radius 1 is 1.59 bits per heavy atom. The Bertz CT molecular complexity index is 446. The standard InChI is InChI=1S/C12H17N3O2/c1-7(2-3-16)14-11-6-10-8(4-9(11)13)5-12(17)15-10/h4,6-7,14,16H,2-3,5,13H2,1H3,(H,15,17). The molecule has 0 aliphatic carbocycles. The fourth-order valence-electron chi connectivity index (χ4n) is 1.95. The Labute approximate surface area is 100 Å². The van der Waals surface area contributed by atoms with Crippen molar-refractivity contribution in [1.82, 2.24) is 0 Å². The minimum atomic E-state index is -0.0000401. The van der Waals surface area contributed by atoms with Crippen LogP contribution in [0.25, 0.3) is 0 Å². The molecule has 92 valence electrons. The van der Waals surface area contributed by atoms with Gasteiger partial charge in [0.15, 0.2) is 0 Å². The maximum atomic E-state index is 11.2. The summed E-state index contributed by atoms with van der Waals surface area (Å²) in [5, 5.41) is 14.9. The van der Waals surface area contributed by atoms with Crippen LogP contribution in [0.3, 0.4) is 0 Å². The van der Waals surface area contributed by atoms with Crippen LogP contribution in [-0.2, 0) is 11.2 Å². The van der Waals surface area contributed by atoms with Crippen LogP contribution in [-0.4, -0.2) is 23.7 Å². The number of aliphatic hydroxyl groups excluding tert-OH is 1. The highest BCUT2D eigenvalue weighted by Gasteiger charge is 2.19. The number of anilines is 3. The molecule has 1 atom stereocenters.